The minimum Gasteiger partial charge on any atom is -0.354 e. The Kier molecular flexibility index (Phi) is 4.30. The van der Waals surface area contributed by atoms with Crippen LogP contribution in [-0.2, 0) is 6.42 Å². The highest BCUT2D eigenvalue weighted by Crippen LogP contribution is 2.30. The number of hydrogen-bond acceptors (Lipinski definition) is 7. The van der Waals surface area contributed by atoms with E-state index < -0.39 is 0 Å². The molecule has 1 N–H and O–H groups in total. The van der Waals surface area contributed by atoms with Crippen molar-refractivity contribution in [3.05, 3.63) is 36.7 Å². The molecule has 29 heavy (non-hydrogen) atoms. The number of piperidine rings is 1. The minimum atomic E-state index is 0.313. The third-order valence-electron chi connectivity index (χ3n) is 6.06. The summed E-state index contributed by atoms with van der Waals surface area (Å²) in [4.78, 5) is 25.7. The fourth-order valence-electron chi connectivity index (χ4n) is 4.31. The average molecular weight is 391 g/mol. The fourth-order valence-corrected chi connectivity index (χ4v) is 4.31. The van der Waals surface area contributed by atoms with Crippen molar-refractivity contribution in [3.63, 3.8) is 0 Å². The van der Waals surface area contributed by atoms with Gasteiger partial charge in [0.1, 0.15) is 29.9 Å². The van der Waals surface area contributed by atoms with Gasteiger partial charge in [-0.05, 0) is 24.8 Å². The number of nitrogens with zero attached hydrogens (tertiary/aromatic N) is 8. The molecule has 0 amide bonds. The van der Waals surface area contributed by atoms with Crippen LogP contribution in [0.1, 0.15) is 26.0 Å². The number of anilines is 2. The van der Waals surface area contributed by atoms with Gasteiger partial charge in [0.25, 0.3) is 5.78 Å². The lowest BCUT2D eigenvalue weighted by Gasteiger charge is -2.43. The molecule has 1 aliphatic rings. The number of hydrogen-bond donors (Lipinski definition) is 1. The number of nitrogens with one attached hydrogen (secondary N) is 1. The van der Waals surface area contributed by atoms with Gasteiger partial charge in [-0.2, -0.15) is 14.6 Å². The van der Waals surface area contributed by atoms with Crippen molar-refractivity contribution < 1.29 is 0 Å². The first-order chi connectivity index (χ1) is 14.2. The number of aryl methyl sites for hydroxylation is 1. The van der Waals surface area contributed by atoms with Gasteiger partial charge < -0.3 is 14.8 Å². The summed E-state index contributed by atoms with van der Waals surface area (Å²) >= 11 is 0. The molecule has 9 heteroatoms. The van der Waals surface area contributed by atoms with E-state index in [0.717, 1.165) is 54.3 Å². The molecule has 0 saturated carbocycles. The Labute approximate surface area is 168 Å². The van der Waals surface area contributed by atoms with Gasteiger partial charge in [0.2, 0.25) is 0 Å². The molecule has 0 bridgehead atoms. The van der Waals surface area contributed by atoms with Crippen LogP contribution in [0.3, 0.4) is 0 Å². The maximum absolute atomic E-state index is 4.59. The lowest BCUT2D eigenvalue weighted by molar-refractivity contribution is 0.365. The normalized spacial score (nSPS) is 19.9. The molecule has 1 fully saturated rings. The van der Waals surface area contributed by atoms with Crippen LogP contribution in [0.15, 0.2) is 31.0 Å². The van der Waals surface area contributed by atoms with Crippen molar-refractivity contribution in [1.82, 2.24) is 34.5 Å². The average Bonchev–Trinajstić information content (AvgIpc) is 3.41. The Morgan fingerprint density at radius 3 is 3.00 bits per heavy atom. The zero-order chi connectivity index (χ0) is 20.0. The lowest BCUT2D eigenvalue weighted by Crippen LogP contribution is -2.51. The Morgan fingerprint density at radius 2 is 2.14 bits per heavy atom. The van der Waals surface area contributed by atoms with E-state index >= 15 is 0 Å². The number of H-pyrrole nitrogens is 1. The molecule has 0 spiro atoms. The summed E-state index contributed by atoms with van der Waals surface area (Å²) in [7, 11) is 2.13. The highest BCUT2D eigenvalue weighted by Gasteiger charge is 2.32. The van der Waals surface area contributed by atoms with Crippen LogP contribution in [0.4, 0.5) is 11.6 Å². The van der Waals surface area contributed by atoms with Gasteiger partial charge in [-0.15, -0.1) is 0 Å². The Balaban J connectivity index is 1.50. The molecule has 5 heterocycles. The molecule has 5 rings (SSSR count). The predicted molar refractivity (Wildman–Crippen MR) is 112 cm³/mol. The van der Waals surface area contributed by atoms with Crippen LogP contribution in [0.2, 0.25) is 0 Å². The molecule has 1 aliphatic heterocycles. The summed E-state index contributed by atoms with van der Waals surface area (Å²) in [5.74, 6) is 3.22. The van der Waals surface area contributed by atoms with Crippen molar-refractivity contribution in [2.75, 3.05) is 29.9 Å². The van der Waals surface area contributed by atoms with Crippen molar-refractivity contribution in [3.8, 4) is 0 Å². The summed E-state index contributed by atoms with van der Waals surface area (Å²) in [5.41, 5.74) is 1.90. The zero-order valence-corrected chi connectivity index (χ0v) is 16.9. The third kappa shape index (κ3) is 2.97. The molecular weight excluding hydrogens is 366 g/mol. The van der Waals surface area contributed by atoms with Crippen molar-refractivity contribution in [1.29, 1.82) is 0 Å². The molecule has 150 valence electrons. The lowest BCUT2D eigenvalue weighted by atomic mass is 9.92. The van der Waals surface area contributed by atoms with Gasteiger partial charge in [0.15, 0.2) is 0 Å². The van der Waals surface area contributed by atoms with Crippen LogP contribution in [0.5, 0.6) is 0 Å². The van der Waals surface area contributed by atoms with Gasteiger partial charge in [0.05, 0.1) is 11.4 Å². The number of fused-ring (bicyclic) bond motifs is 2. The highest BCUT2D eigenvalue weighted by molar-refractivity contribution is 5.87. The third-order valence-corrected chi connectivity index (χ3v) is 6.06. The van der Waals surface area contributed by atoms with E-state index in [1.165, 1.54) is 0 Å². The molecular formula is C20H25N9. The molecule has 0 unspecified atom stereocenters. The van der Waals surface area contributed by atoms with Crippen LogP contribution in [0, 0.1) is 5.92 Å². The first-order valence-electron chi connectivity index (χ1n) is 10.1. The molecule has 0 aliphatic carbocycles. The Hall–Kier alpha value is -3.23. The molecule has 9 nitrogen and oxygen atoms in total. The van der Waals surface area contributed by atoms with E-state index in [4.69, 9.17) is 0 Å². The molecule has 2 atom stereocenters. The SMILES string of the molecule is CCc1cc(N2CC[C@@H](C)[C@@H](N(C)c3ncnc4[nH]ccc34)C2)n2ncnc2n1. The van der Waals surface area contributed by atoms with Gasteiger partial charge in [0, 0.05) is 38.1 Å². The maximum atomic E-state index is 4.59. The summed E-state index contributed by atoms with van der Waals surface area (Å²) in [6, 6.07) is 4.50. The van der Waals surface area contributed by atoms with Crippen molar-refractivity contribution >= 4 is 28.4 Å². The molecule has 4 aromatic rings. The van der Waals surface area contributed by atoms with Crippen LogP contribution >= 0.6 is 0 Å². The van der Waals surface area contributed by atoms with Gasteiger partial charge in [-0.1, -0.05) is 13.8 Å². The van der Waals surface area contributed by atoms with E-state index in [-0.39, 0.29) is 0 Å². The van der Waals surface area contributed by atoms with E-state index in [0.29, 0.717) is 17.7 Å². The largest absolute Gasteiger partial charge is 0.354 e. The van der Waals surface area contributed by atoms with Crippen molar-refractivity contribution in [2.45, 2.75) is 32.7 Å². The molecule has 0 aromatic carbocycles. The van der Waals surface area contributed by atoms with Crippen LogP contribution < -0.4 is 9.80 Å². The highest BCUT2D eigenvalue weighted by atomic mass is 15.4. The number of aromatic amines is 1. The van der Waals surface area contributed by atoms with E-state index in [2.05, 4.69) is 66.8 Å². The van der Waals surface area contributed by atoms with E-state index in [1.54, 1.807) is 12.7 Å². The summed E-state index contributed by atoms with van der Waals surface area (Å²) in [6.45, 7) is 6.31. The molecule has 1 saturated heterocycles. The quantitative estimate of drug-likeness (QED) is 0.571. The second-order valence-corrected chi connectivity index (χ2v) is 7.76. The fraction of sp³-hybridized carbons (Fsp3) is 0.450. The molecule has 4 aromatic heterocycles. The van der Waals surface area contributed by atoms with E-state index in [1.807, 2.05) is 16.8 Å². The number of rotatable bonds is 4. The summed E-state index contributed by atoms with van der Waals surface area (Å²) in [6.07, 6.45) is 7.08. The number of aromatic nitrogens is 7. The van der Waals surface area contributed by atoms with Gasteiger partial charge >= 0.3 is 0 Å². The Bertz CT molecular complexity index is 1150. The van der Waals surface area contributed by atoms with Gasteiger partial charge in [-0.3, -0.25) is 0 Å². The number of likely N-dealkylation sites (N-methyl/N-ethyl adjacent to an activating group) is 1. The standard InChI is InChI=1S/C20H25N9/c1-4-14-9-17(29-20(26-14)24-12-25-29)28-8-6-13(2)16(10-28)27(3)19-15-5-7-21-18(15)22-11-23-19/h5,7,9,11-13,16H,4,6,8,10H2,1-3H3,(H,21,22,23)/t13-,16+/m1/s1. The van der Waals surface area contributed by atoms with Crippen LogP contribution in [-0.4, -0.2) is 60.7 Å². The first kappa shape index (κ1) is 17.8. The maximum Gasteiger partial charge on any atom is 0.254 e. The topological polar surface area (TPSA) is 91.1 Å². The molecule has 0 radical (unpaired) electrons. The van der Waals surface area contributed by atoms with E-state index in [9.17, 15) is 0 Å². The smallest absolute Gasteiger partial charge is 0.254 e. The minimum absolute atomic E-state index is 0.313. The Morgan fingerprint density at radius 1 is 1.24 bits per heavy atom. The van der Waals surface area contributed by atoms with Crippen molar-refractivity contribution in [2.24, 2.45) is 5.92 Å². The van der Waals surface area contributed by atoms with Crippen LogP contribution in [0.25, 0.3) is 16.8 Å². The zero-order valence-electron chi connectivity index (χ0n) is 16.9. The second-order valence-electron chi connectivity index (χ2n) is 7.76. The van der Waals surface area contributed by atoms with Gasteiger partial charge in [-0.25, -0.2) is 15.0 Å². The summed E-state index contributed by atoms with van der Waals surface area (Å²) in [5, 5.41) is 5.46. The first-order valence-corrected chi connectivity index (χ1v) is 10.1. The summed E-state index contributed by atoms with van der Waals surface area (Å²) < 4.78 is 1.85. The monoisotopic (exact) mass is 391 g/mol. The second kappa shape index (κ2) is 6.98. The predicted octanol–water partition coefficient (Wildman–Crippen LogP) is 2.31.